The lowest BCUT2D eigenvalue weighted by molar-refractivity contribution is -0.119. The normalized spacial score (nSPS) is 20.3. The number of carbonyl (C=O) groups excluding carboxylic acids is 2. The summed E-state index contributed by atoms with van der Waals surface area (Å²) in [6.07, 6.45) is 2.52. The summed E-state index contributed by atoms with van der Waals surface area (Å²) in [5.41, 5.74) is 7.70. The minimum Gasteiger partial charge on any atom is -0.490 e. The van der Waals surface area contributed by atoms with Gasteiger partial charge in [-0.15, -0.1) is 0 Å². The number of halogens is 1. The summed E-state index contributed by atoms with van der Waals surface area (Å²) < 4.78 is 13.2. The average Bonchev–Trinajstić information content (AvgIpc) is 2.83. The van der Waals surface area contributed by atoms with E-state index in [1.807, 2.05) is 26.1 Å². The number of benzene rings is 2. The second kappa shape index (κ2) is 10.8. The molecule has 3 aliphatic rings. The van der Waals surface area contributed by atoms with Gasteiger partial charge in [-0.25, -0.2) is 0 Å². The van der Waals surface area contributed by atoms with Crippen LogP contribution in [0.15, 0.2) is 57.3 Å². The topological polar surface area (TPSA) is 55.8 Å². The second-order valence-corrected chi connectivity index (χ2v) is 14.5. The Morgan fingerprint density at radius 1 is 0.829 bits per heavy atom. The van der Waals surface area contributed by atoms with Gasteiger partial charge < -0.3 is 14.4 Å². The van der Waals surface area contributed by atoms with Crippen molar-refractivity contribution < 1.29 is 19.1 Å². The molecule has 0 aromatic heterocycles. The molecular weight excluding hydrogens is 578 g/mol. The summed E-state index contributed by atoms with van der Waals surface area (Å²) in [5, 5.41) is 0. The van der Waals surface area contributed by atoms with E-state index < -0.39 is 5.92 Å². The van der Waals surface area contributed by atoms with Crippen LogP contribution in [0, 0.1) is 24.7 Å². The lowest BCUT2D eigenvalue weighted by atomic mass is 9.64. The summed E-state index contributed by atoms with van der Waals surface area (Å²) in [5.74, 6) is 1.06. The maximum atomic E-state index is 13.9. The van der Waals surface area contributed by atoms with Crippen LogP contribution in [0.3, 0.4) is 0 Å². The van der Waals surface area contributed by atoms with Crippen LogP contribution < -0.4 is 9.47 Å². The van der Waals surface area contributed by atoms with E-state index in [0.29, 0.717) is 37.6 Å². The maximum Gasteiger partial charge on any atom is 0.175 e. The first-order valence-corrected chi connectivity index (χ1v) is 15.4. The summed E-state index contributed by atoms with van der Waals surface area (Å²) in [7, 11) is 2.04. The minimum absolute atomic E-state index is 0.126. The van der Waals surface area contributed by atoms with E-state index in [1.54, 1.807) is 0 Å². The molecule has 218 valence electrons. The summed E-state index contributed by atoms with van der Waals surface area (Å²) >= 11 is 3.77. The number of aryl methyl sites for hydroxylation is 2. The average molecular weight is 621 g/mol. The maximum absolute atomic E-state index is 13.9. The van der Waals surface area contributed by atoms with Crippen molar-refractivity contribution in [3.63, 3.8) is 0 Å². The third-order valence-corrected chi connectivity index (χ3v) is 9.10. The van der Waals surface area contributed by atoms with Gasteiger partial charge in [-0.2, -0.15) is 0 Å². The zero-order valence-electron chi connectivity index (χ0n) is 25.7. The van der Waals surface area contributed by atoms with E-state index in [4.69, 9.17) is 9.47 Å². The molecule has 0 fully saturated rings. The van der Waals surface area contributed by atoms with Crippen molar-refractivity contribution in [1.29, 1.82) is 0 Å². The molecule has 2 aromatic carbocycles. The molecule has 0 unspecified atom stereocenters. The molecule has 2 aromatic rings. The Morgan fingerprint density at radius 2 is 1.37 bits per heavy atom. The van der Waals surface area contributed by atoms with E-state index in [2.05, 4.69) is 80.6 Å². The molecule has 5 nitrogen and oxygen atoms in total. The number of carbonyl (C=O) groups is 2. The molecular formula is C35H42BrNO4. The number of ketones is 2. The molecule has 0 atom stereocenters. The van der Waals surface area contributed by atoms with Crippen LogP contribution >= 0.6 is 15.9 Å². The number of Topliss-reactive ketones (excluding diaryl/α,β-unsaturated/α-hetero) is 2. The van der Waals surface area contributed by atoms with Gasteiger partial charge in [0.05, 0.1) is 11.1 Å². The van der Waals surface area contributed by atoms with Crippen molar-refractivity contribution in [2.75, 3.05) is 13.7 Å². The first-order valence-electron chi connectivity index (χ1n) is 14.6. The molecule has 1 aliphatic heterocycles. The Morgan fingerprint density at radius 3 is 1.88 bits per heavy atom. The number of hydrogen-bond acceptors (Lipinski definition) is 5. The fourth-order valence-electron chi connectivity index (χ4n) is 6.96. The van der Waals surface area contributed by atoms with Crippen LogP contribution in [-0.2, 0) is 16.2 Å². The van der Waals surface area contributed by atoms with Crippen LogP contribution in [0.2, 0.25) is 0 Å². The number of hydrogen-bond donors (Lipinski definition) is 0. The first kappa shape index (κ1) is 29.6. The smallest absolute Gasteiger partial charge is 0.175 e. The number of allylic oxidation sites excluding steroid dienone is 4. The molecule has 5 rings (SSSR count). The van der Waals surface area contributed by atoms with Crippen molar-refractivity contribution in [3.8, 4) is 11.5 Å². The van der Waals surface area contributed by atoms with Crippen LogP contribution in [0.1, 0.15) is 88.5 Å². The molecule has 6 heteroatoms. The van der Waals surface area contributed by atoms with E-state index in [9.17, 15) is 9.59 Å². The molecule has 0 N–H and O–H groups in total. The van der Waals surface area contributed by atoms with E-state index in [-0.39, 0.29) is 22.4 Å². The number of ether oxygens (including phenoxy) is 2. The highest BCUT2D eigenvalue weighted by atomic mass is 79.9. The third-order valence-electron chi connectivity index (χ3n) is 8.51. The SMILES string of the molecule is CCOc1cc(C2C3=C(CC(C)(C)CC3=O)N(C)C3=C2C(=O)CC(C)(C)C3)cc(Br)c1OCc1cc(C)cc(C)c1. The van der Waals surface area contributed by atoms with Gasteiger partial charge >= 0.3 is 0 Å². The van der Waals surface area contributed by atoms with Gasteiger partial charge in [-0.05, 0) is 83.6 Å². The number of rotatable bonds is 6. The van der Waals surface area contributed by atoms with Crippen molar-refractivity contribution >= 4 is 27.5 Å². The van der Waals surface area contributed by atoms with Crippen molar-refractivity contribution in [3.05, 3.63) is 79.6 Å². The Kier molecular flexibility index (Phi) is 7.78. The summed E-state index contributed by atoms with van der Waals surface area (Å²) in [4.78, 5) is 29.9. The first-order chi connectivity index (χ1) is 19.2. The van der Waals surface area contributed by atoms with Crippen LogP contribution in [0.25, 0.3) is 0 Å². The van der Waals surface area contributed by atoms with Gasteiger partial charge in [0, 0.05) is 48.3 Å². The molecule has 0 radical (unpaired) electrons. The monoisotopic (exact) mass is 619 g/mol. The zero-order valence-corrected chi connectivity index (χ0v) is 27.3. The van der Waals surface area contributed by atoms with E-state index >= 15 is 0 Å². The third kappa shape index (κ3) is 5.77. The molecule has 0 saturated carbocycles. The molecule has 1 heterocycles. The van der Waals surface area contributed by atoms with E-state index in [0.717, 1.165) is 51.0 Å². The number of nitrogens with zero attached hydrogens (tertiary/aromatic N) is 1. The lowest BCUT2D eigenvalue weighted by Crippen LogP contribution is -2.43. The van der Waals surface area contributed by atoms with E-state index in [1.165, 1.54) is 11.1 Å². The van der Waals surface area contributed by atoms with Crippen LogP contribution in [0.5, 0.6) is 11.5 Å². The second-order valence-electron chi connectivity index (χ2n) is 13.6. The molecule has 2 aliphatic carbocycles. The Bertz CT molecular complexity index is 1420. The standard InChI is InChI=1S/C35H42BrNO4/c1-9-40-29-14-23(13-24(36)33(29)41-19-22-11-20(2)10-21(3)12-22)30-31-25(15-34(4,5)17-27(31)38)37(8)26-16-35(6,7)18-28(39)32(26)30/h10-14,30H,9,15-19H2,1-8H3. The van der Waals surface area contributed by atoms with Crippen molar-refractivity contribution in [2.45, 2.75) is 86.7 Å². The summed E-state index contributed by atoms with van der Waals surface area (Å²) in [6, 6.07) is 10.4. The lowest BCUT2D eigenvalue weighted by Gasteiger charge is -2.48. The van der Waals surface area contributed by atoms with Crippen LogP contribution in [0.4, 0.5) is 0 Å². The van der Waals surface area contributed by atoms with Gasteiger partial charge in [-0.3, -0.25) is 9.59 Å². The quantitative estimate of drug-likeness (QED) is 0.325. The predicted molar refractivity (Wildman–Crippen MR) is 166 cm³/mol. The fraction of sp³-hybridized carbons (Fsp3) is 0.486. The zero-order chi connectivity index (χ0) is 29.9. The van der Waals surface area contributed by atoms with Crippen molar-refractivity contribution in [2.24, 2.45) is 10.8 Å². The highest BCUT2D eigenvalue weighted by Crippen LogP contribution is 2.55. The molecule has 41 heavy (non-hydrogen) atoms. The summed E-state index contributed by atoms with van der Waals surface area (Å²) in [6.45, 7) is 15.6. The van der Waals surface area contributed by atoms with Gasteiger partial charge in [-0.1, -0.05) is 57.0 Å². The van der Waals surface area contributed by atoms with Gasteiger partial charge in [0.1, 0.15) is 6.61 Å². The molecule has 0 amide bonds. The molecule has 0 saturated heterocycles. The molecule has 0 spiro atoms. The minimum atomic E-state index is -0.424. The van der Waals surface area contributed by atoms with Gasteiger partial charge in [0.25, 0.3) is 0 Å². The Hall–Kier alpha value is -2.86. The largest absolute Gasteiger partial charge is 0.490 e. The molecule has 0 bridgehead atoms. The highest BCUT2D eigenvalue weighted by Gasteiger charge is 2.48. The van der Waals surface area contributed by atoms with Crippen LogP contribution in [-0.4, -0.2) is 30.1 Å². The van der Waals surface area contributed by atoms with Gasteiger partial charge in [0.15, 0.2) is 23.1 Å². The predicted octanol–water partition coefficient (Wildman–Crippen LogP) is 8.36. The highest BCUT2D eigenvalue weighted by molar-refractivity contribution is 9.10. The van der Waals surface area contributed by atoms with Gasteiger partial charge in [0.2, 0.25) is 0 Å². The Balaban J connectivity index is 1.63. The Labute approximate surface area is 253 Å². The van der Waals surface area contributed by atoms with Crippen molar-refractivity contribution in [1.82, 2.24) is 4.90 Å². The fourth-order valence-corrected chi connectivity index (χ4v) is 7.54.